The summed E-state index contributed by atoms with van der Waals surface area (Å²) >= 11 is 0. The Labute approximate surface area is 142 Å². The molecule has 1 amide bonds. The van der Waals surface area contributed by atoms with Crippen LogP contribution in [0.1, 0.15) is 33.3 Å². The molecule has 4 heteroatoms. The molecule has 2 N–H and O–H groups in total. The van der Waals surface area contributed by atoms with Crippen molar-refractivity contribution in [2.45, 2.75) is 33.2 Å². The van der Waals surface area contributed by atoms with Gasteiger partial charge >= 0.3 is 0 Å². The van der Waals surface area contributed by atoms with Gasteiger partial charge in [0.1, 0.15) is 5.75 Å². The number of hydrogen-bond donors (Lipinski definition) is 2. The van der Waals surface area contributed by atoms with Crippen LogP contribution in [0.3, 0.4) is 0 Å². The summed E-state index contributed by atoms with van der Waals surface area (Å²) in [6.45, 7) is 8.85. The van der Waals surface area contributed by atoms with E-state index in [9.17, 15) is 4.79 Å². The molecule has 1 aliphatic heterocycles. The molecule has 126 valence electrons. The van der Waals surface area contributed by atoms with Gasteiger partial charge in [-0.1, -0.05) is 44.2 Å². The van der Waals surface area contributed by atoms with Crippen molar-refractivity contribution >= 4 is 22.8 Å². The highest BCUT2D eigenvalue weighted by atomic mass is 16.5. The van der Waals surface area contributed by atoms with E-state index in [0.717, 1.165) is 22.1 Å². The number of nitrogens with one attached hydrogen (secondary N) is 2. The highest BCUT2D eigenvalue weighted by Gasteiger charge is 2.35. The fourth-order valence-corrected chi connectivity index (χ4v) is 2.83. The van der Waals surface area contributed by atoms with Gasteiger partial charge in [-0.05, 0) is 42.7 Å². The van der Waals surface area contributed by atoms with Crippen molar-refractivity contribution in [1.82, 2.24) is 10.9 Å². The Bertz CT molecular complexity index is 806. The highest BCUT2D eigenvalue weighted by molar-refractivity contribution is 6.05. The fourth-order valence-electron chi connectivity index (χ4n) is 2.83. The quantitative estimate of drug-likeness (QED) is 0.844. The van der Waals surface area contributed by atoms with E-state index < -0.39 is 5.54 Å². The van der Waals surface area contributed by atoms with Crippen LogP contribution < -0.4 is 15.6 Å². The van der Waals surface area contributed by atoms with E-state index in [1.807, 2.05) is 38.1 Å². The number of hydrazine groups is 1. The first-order valence-corrected chi connectivity index (χ1v) is 8.33. The second kappa shape index (κ2) is 6.29. The van der Waals surface area contributed by atoms with Gasteiger partial charge in [0, 0.05) is 11.1 Å². The van der Waals surface area contributed by atoms with Crippen molar-refractivity contribution in [3.63, 3.8) is 0 Å². The van der Waals surface area contributed by atoms with E-state index in [1.54, 1.807) is 0 Å². The summed E-state index contributed by atoms with van der Waals surface area (Å²) in [7, 11) is 0. The summed E-state index contributed by atoms with van der Waals surface area (Å²) < 4.78 is 6.02. The average Bonchev–Trinajstić information content (AvgIpc) is 2.80. The number of benzene rings is 2. The molecule has 2 aromatic rings. The summed E-state index contributed by atoms with van der Waals surface area (Å²) in [6, 6.07) is 12.2. The number of fused-ring (bicyclic) bond motifs is 1. The van der Waals surface area contributed by atoms with Crippen molar-refractivity contribution in [2.24, 2.45) is 5.92 Å². The predicted molar refractivity (Wildman–Crippen MR) is 97.6 cm³/mol. The molecule has 1 saturated heterocycles. The van der Waals surface area contributed by atoms with Crippen LogP contribution in [0.15, 0.2) is 42.0 Å². The van der Waals surface area contributed by atoms with E-state index in [-0.39, 0.29) is 5.91 Å². The number of amides is 1. The first-order valence-electron chi connectivity index (χ1n) is 8.33. The molecule has 0 aromatic heterocycles. The van der Waals surface area contributed by atoms with Crippen LogP contribution in [-0.4, -0.2) is 18.1 Å². The molecule has 1 fully saturated rings. The van der Waals surface area contributed by atoms with Gasteiger partial charge < -0.3 is 4.74 Å². The zero-order valence-corrected chi connectivity index (χ0v) is 14.6. The molecular weight excluding hydrogens is 300 g/mol. The molecule has 1 aliphatic rings. The molecule has 0 saturated carbocycles. The summed E-state index contributed by atoms with van der Waals surface area (Å²) in [5.74, 6) is 1.15. The van der Waals surface area contributed by atoms with Crippen LogP contribution in [0, 0.1) is 5.92 Å². The van der Waals surface area contributed by atoms with Gasteiger partial charge in [-0.25, -0.2) is 5.43 Å². The maximum Gasteiger partial charge on any atom is 0.263 e. The standard InChI is InChI=1S/C20H24N2O2/c1-13(2)12-24-18-10-9-14-7-5-6-8-15(14)16(18)11-17-19(23)21-22-20(17,3)4/h5-11,13,22H,12H2,1-4H3,(H,21,23)/b17-11+. The number of rotatable bonds is 4. The number of ether oxygens (including phenoxy) is 1. The monoisotopic (exact) mass is 324 g/mol. The van der Waals surface area contributed by atoms with Crippen molar-refractivity contribution in [3.05, 3.63) is 47.5 Å². The first-order chi connectivity index (χ1) is 11.4. The second-order valence-electron chi connectivity index (χ2n) is 7.17. The molecule has 4 nitrogen and oxygen atoms in total. The van der Waals surface area contributed by atoms with Crippen molar-refractivity contribution in [1.29, 1.82) is 0 Å². The molecule has 2 aromatic carbocycles. The minimum Gasteiger partial charge on any atom is -0.493 e. The van der Waals surface area contributed by atoms with Gasteiger partial charge in [-0.2, -0.15) is 0 Å². The van der Waals surface area contributed by atoms with Gasteiger partial charge in [0.15, 0.2) is 0 Å². The second-order valence-corrected chi connectivity index (χ2v) is 7.17. The highest BCUT2D eigenvalue weighted by Crippen LogP contribution is 2.33. The zero-order valence-electron chi connectivity index (χ0n) is 14.6. The van der Waals surface area contributed by atoms with Crippen LogP contribution in [0.5, 0.6) is 5.75 Å². The molecular formula is C20H24N2O2. The Kier molecular flexibility index (Phi) is 4.33. The van der Waals surface area contributed by atoms with Crippen LogP contribution in [0.2, 0.25) is 0 Å². The number of carbonyl (C=O) groups excluding carboxylic acids is 1. The molecule has 0 unspecified atom stereocenters. The van der Waals surface area contributed by atoms with Crippen molar-refractivity contribution in [3.8, 4) is 5.75 Å². The van der Waals surface area contributed by atoms with Gasteiger partial charge in [0.05, 0.1) is 12.1 Å². The fraction of sp³-hybridized carbons (Fsp3) is 0.350. The Morgan fingerprint density at radius 1 is 1.17 bits per heavy atom. The van der Waals surface area contributed by atoms with E-state index in [4.69, 9.17) is 4.74 Å². The molecule has 1 heterocycles. The van der Waals surface area contributed by atoms with Crippen LogP contribution in [0.4, 0.5) is 0 Å². The third-order valence-electron chi connectivity index (χ3n) is 4.20. The molecule has 24 heavy (non-hydrogen) atoms. The third kappa shape index (κ3) is 3.15. The molecule has 3 rings (SSSR count). The lowest BCUT2D eigenvalue weighted by Gasteiger charge is -2.19. The van der Waals surface area contributed by atoms with E-state index in [2.05, 4.69) is 42.9 Å². The topological polar surface area (TPSA) is 50.4 Å². The molecule has 0 spiro atoms. The lowest BCUT2D eigenvalue weighted by atomic mass is 9.92. The van der Waals surface area contributed by atoms with Crippen molar-refractivity contribution in [2.75, 3.05) is 6.61 Å². The molecule has 0 atom stereocenters. The van der Waals surface area contributed by atoms with Gasteiger partial charge in [-0.15, -0.1) is 0 Å². The average molecular weight is 324 g/mol. The van der Waals surface area contributed by atoms with Crippen molar-refractivity contribution < 1.29 is 9.53 Å². The summed E-state index contributed by atoms with van der Waals surface area (Å²) in [5, 5.41) is 2.21. The number of carbonyl (C=O) groups is 1. The Morgan fingerprint density at radius 3 is 2.58 bits per heavy atom. The predicted octanol–water partition coefficient (Wildman–Crippen LogP) is 3.67. The molecule has 0 bridgehead atoms. The molecule has 0 radical (unpaired) electrons. The van der Waals surface area contributed by atoms with Gasteiger partial charge in [0.2, 0.25) is 0 Å². The lowest BCUT2D eigenvalue weighted by molar-refractivity contribution is -0.116. The maximum absolute atomic E-state index is 12.2. The summed E-state index contributed by atoms with van der Waals surface area (Å²) in [4.78, 5) is 12.2. The minimum absolute atomic E-state index is 0.0947. The first kappa shape index (κ1) is 16.5. The van der Waals surface area contributed by atoms with Crippen LogP contribution in [0.25, 0.3) is 16.8 Å². The maximum atomic E-state index is 12.2. The SMILES string of the molecule is CC(C)COc1ccc2ccccc2c1/C=C1\C(=O)NNC1(C)C. The third-order valence-corrected chi connectivity index (χ3v) is 4.20. The Balaban J connectivity index is 2.16. The van der Waals surface area contributed by atoms with Crippen LogP contribution in [-0.2, 0) is 4.79 Å². The zero-order chi connectivity index (χ0) is 17.3. The van der Waals surface area contributed by atoms with Gasteiger partial charge in [-0.3, -0.25) is 10.2 Å². The Hall–Kier alpha value is -2.33. The van der Waals surface area contributed by atoms with E-state index >= 15 is 0 Å². The molecule has 0 aliphatic carbocycles. The lowest BCUT2D eigenvalue weighted by Crippen LogP contribution is -2.38. The van der Waals surface area contributed by atoms with E-state index in [1.165, 1.54) is 0 Å². The number of hydrogen-bond acceptors (Lipinski definition) is 3. The Morgan fingerprint density at radius 2 is 1.92 bits per heavy atom. The van der Waals surface area contributed by atoms with E-state index in [0.29, 0.717) is 18.1 Å². The van der Waals surface area contributed by atoms with Gasteiger partial charge in [0.25, 0.3) is 5.91 Å². The largest absolute Gasteiger partial charge is 0.493 e. The minimum atomic E-state index is -0.427. The summed E-state index contributed by atoms with van der Waals surface area (Å²) in [5.41, 5.74) is 6.95. The normalized spacial score (nSPS) is 18.4. The smallest absolute Gasteiger partial charge is 0.263 e. The van der Waals surface area contributed by atoms with Crippen LogP contribution >= 0.6 is 0 Å². The summed E-state index contributed by atoms with van der Waals surface area (Å²) in [6.07, 6.45) is 1.95.